The molecule has 4 heteroatoms. The van der Waals surface area contributed by atoms with Crippen molar-refractivity contribution in [1.29, 1.82) is 0 Å². The minimum Gasteiger partial charge on any atom is -0.320 e. The maximum atomic E-state index is 5.68. The van der Waals surface area contributed by atoms with Crippen LogP contribution in [0.3, 0.4) is 0 Å². The summed E-state index contributed by atoms with van der Waals surface area (Å²) in [4.78, 5) is 1.14. The SMILES string of the molecule is C=C[C@@H](N)c1ccc(Br)s1.Cl. The second-order valence-electron chi connectivity index (χ2n) is 1.90. The average Bonchev–Trinajstić information content (AvgIpc) is 2.34. The lowest BCUT2D eigenvalue weighted by Crippen LogP contribution is -2.03. The summed E-state index contributed by atoms with van der Waals surface area (Å²) in [5.74, 6) is 0. The van der Waals surface area contributed by atoms with Gasteiger partial charge in [0.2, 0.25) is 0 Å². The van der Waals surface area contributed by atoms with Gasteiger partial charge in [-0.05, 0) is 28.1 Å². The molecule has 1 rings (SSSR count). The van der Waals surface area contributed by atoms with E-state index in [0.29, 0.717) is 0 Å². The number of hydrogen-bond donors (Lipinski definition) is 1. The molecule has 1 nitrogen and oxygen atoms in total. The van der Waals surface area contributed by atoms with E-state index in [1.54, 1.807) is 17.4 Å². The molecule has 0 saturated carbocycles. The van der Waals surface area contributed by atoms with Crippen molar-refractivity contribution in [3.63, 3.8) is 0 Å². The van der Waals surface area contributed by atoms with Crippen LogP contribution in [0.1, 0.15) is 10.9 Å². The maximum Gasteiger partial charge on any atom is 0.0702 e. The van der Waals surface area contributed by atoms with Crippen LogP contribution in [0.2, 0.25) is 0 Å². The van der Waals surface area contributed by atoms with E-state index >= 15 is 0 Å². The van der Waals surface area contributed by atoms with Crippen molar-refractivity contribution in [2.75, 3.05) is 0 Å². The Labute approximate surface area is 84.8 Å². The molecule has 1 atom stereocenters. The number of hydrogen-bond acceptors (Lipinski definition) is 2. The molecule has 0 aliphatic carbocycles. The summed E-state index contributed by atoms with van der Waals surface area (Å²) < 4.78 is 1.11. The van der Waals surface area contributed by atoms with Gasteiger partial charge in [-0.1, -0.05) is 6.08 Å². The van der Waals surface area contributed by atoms with Crippen LogP contribution in [-0.2, 0) is 0 Å². The van der Waals surface area contributed by atoms with Gasteiger partial charge >= 0.3 is 0 Å². The molecule has 0 bridgehead atoms. The van der Waals surface area contributed by atoms with Crippen molar-refractivity contribution >= 4 is 39.7 Å². The summed E-state index contributed by atoms with van der Waals surface area (Å²) in [7, 11) is 0. The van der Waals surface area contributed by atoms with E-state index in [0.717, 1.165) is 8.66 Å². The van der Waals surface area contributed by atoms with Crippen molar-refractivity contribution < 1.29 is 0 Å². The highest BCUT2D eigenvalue weighted by Crippen LogP contribution is 2.26. The lowest BCUT2D eigenvalue weighted by Gasteiger charge is -1.99. The van der Waals surface area contributed by atoms with E-state index < -0.39 is 0 Å². The van der Waals surface area contributed by atoms with Gasteiger partial charge in [0.05, 0.1) is 9.83 Å². The van der Waals surface area contributed by atoms with E-state index in [2.05, 4.69) is 22.5 Å². The summed E-state index contributed by atoms with van der Waals surface area (Å²) in [5, 5.41) is 0. The first kappa shape index (κ1) is 11.2. The summed E-state index contributed by atoms with van der Waals surface area (Å²) in [6.45, 7) is 3.61. The quantitative estimate of drug-likeness (QED) is 0.807. The smallest absolute Gasteiger partial charge is 0.0702 e. The Bertz CT molecular complexity index is 236. The monoisotopic (exact) mass is 253 g/mol. The van der Waals surface area contributed by atoms with Gasteiger partial charge in [-0.3, -0.25) is 0 Å². The Hall–Kier alpha value is 0.170. The standard InChI is InChI=1S/C7H8BrNS.ClH/c1-2-5(9)6-3-4-7(8)10-6;/h2-5H,1,9H2;1H/t5-;/m1./s1. The lowest BCUT2D eigenvalue weighted by molar-refractivity contribution is 0.940. The summed E-state index contributed by atoms with van der Waals surface area (Å²) in [6, 6.07) is 3.97. The number of halogens is 2. The first-order chi connectivity index (χ1) is 4.74. The molecule has 0 aromatic carbocycles. The molecule has 0 saturated heterocycles. The van der Waals surface area contributed by atoms with Gasteiger partial charge in [-0.2, -0.15) is 0 Å². The van der Waals surface area contributed by atoms with Gasteiger partial charge in [-0.15, -0.1) is 30.3 Å². The van der Waals surface area contributed by atoms with Crippen molar-refractivity contribution in [2.24, 2.45) is 5.73 Å². The number of rotatable bonds is 2. The molecule has 0 amide bonds. The predicted octanol–water partition coefficient (Wildman–Crippen LogP) is 3.12. The molecule has 1 aromatic heterocycles. The van der Waals surface area contributed by atoms with Crippen LogP contribution < -0.4 is 5.73 Å². The molecule has 0 unspecified atom stereocenters. The van der Waals surface area contributed by atoms with Gasteiger partial charge in [0, 0.05) is 4.88 Å². The Kier molecular flexibility index (Phi) is 5.01. The van der Waals surface area contributed by atoms with Crippen LogP contribution in [0.5, 0.6) is 0 Å². The first-order valence-electron chi connectivity index (χ1n) is 2.87. The van der Waals surface area contributed by atoms with E-state index in [4.69, 9.17) is 5.73 Å². The fourth-order valence-electron chi connectivity index (χ4n) is 0.624. The van der Waals surface area contributed by atoms with Crippen LogP contribution in [0.15, 0.2) is 28.6 Å². The van der Waals surface area contributed by atoms with Gasteiger partial charge < -0.3 is 5.73 Å². The van der Waals surface area contributed by atoms with Gasteiger partial charge in [0.15, 0.2) is 0 Å². The van der Waals surface area contributed by atoms with Crippen molar-refractivity contribution in [3.05, 3.63) is 33.5 Å². The van der Waals surface area contributed by atoms with Crippen LogP contribution in [0.4, 0.5) is 0 Å². The molecule has 62 valence electrons. The van der Waals surface area contributed by atoms with E-state index in [1.807, 2.05) is 12.1 Å². The third-order valence-electron chi connectivity index (χ3n) is 1.18. The normalized spacial score (nSPS) is 11.8. The Morgan fingerprint density at radius 1 is 1.64 bits per heavy atom. The highest BCUT2D eigenvalue weighted by atomic mass is 79.9. The molecule has 0 aliphatic heterocycles. The minimum absolute atomic E-state index is 0. The molecule has 11 heavy (non-hydrogen) atoms. The van der Waals surface area contributed by atoms with Gasteiger partial charge in [-0.25, -0.2) is 0 Å². The molecule has 0 radical (unpaired) electrons. The summed E-state index contributed by atoms with van der Waals surface area (Å²) in [6.07, 6.45) is 1.73. The average molecular weight is 255 g/mol. The van der Waals surface area contributed by atoms with Crippen LogP contribution >= 0.6 is 39.7 Å². The molecule has 1 heterocycles. The third-order valence-corrected chi connectivity index (χ3v) is 2.90. The zero-order chi connectivity index (χ0) is 7.56. The fraction of sp³-hybridized carbons (Fsp3) is 0.143. The molecule has 0 spiro atoms. The van der Waals surface area contributed by atoms with E-state index in [1.165, 1.54) is 0 Å². The van der Waals surface area contributed by atoms with Crippen LogP contribution in [0.25, 0.3) is 0 Å². The topological polar surface area (TPSA) is 26.0 Å². The van der Waals surface area contributed by atoms with Gasteiger partial charge in [0.25, 0.3) is 0 Å². The van der Waals surface area contributed by atoms with Crippen LogP contribution in [-0.4, -0.2) is 0 Å². The summed E-state index contributed by atoms with van der Waals surface area (Å²) >= 11 is 5.00. The molecular weight excluding hydrogens is 246 g/mol. The molecular formula is C7H9BrClNS. The minimum atomic E-state index is -0.0173. The Morgan fingerprint density at radius 2 is 2.27 bits per heavy atom. The van der Waals surface area contributed by atoms with Crippen molar-refractivity contribution in [3.8, 4) is 0 Å². The third kappa shape index (κ3) is 2.95. The Morgan fingerprint density at radius 3 is 2.64 bits per heavy atom. The van der Waals surface area contributed by atoms with E-state index in [9.17, 15) is 0 Å². The molecule has 1 aromatic rings. The van der Waals surface area contributed by atoms with E-state index in [-0.39, 0.29) is 18.4 Å². The lowest BCUT2D eigenvalue weighted by atomic mass is 10.2. The summed E-state index contributed by atoms with van der Waals surface area (Å²) in [5.41, 5.74) is 5.68. The fourth-order valence-corrected chi connectivity index (χ4v) is 2.05. The number of thiophene rings is 1. The first-order valence-corrected chi connectivity index (χ1v) is 4.48. The second-order valence-corrected chi connectivity index (χ2v) is 4.40. The van der Waals surface area contributed by atoms with Crippen molar-refractivity contribution in [1.82, 2.24) is 0 Å². The molecule has 0 fully saturated rings. The zero-order valence-corrected chi connectivity index (χ0v) is 9.01. The zero-order valence-electron chi connectivity index (χ0n) is 5.79. The predicted molar refractivity (Wildman–Crippen MR) is 56.4 cm³/mol. The van der Waals surface area contributed by atoms with Crippen molar-refractivity contribution in [2.45, 2.75) is 6.04 Å². The molecule has 0 aliphatic rings. The highest BCUT2D eigenvalue weighted by molar-refractivity contribution is 9.11. The molecule has 2 N–H and O–H groups in total. The largest absolute Gasteiger partial charge is 0.320 e. The Balaban J connectivity index is 0.000001000. The van der Waals surface area contributed by atoms with Crippen LogP contribution in [0, 0.1) is 0 Å². The number of nitrogens with two attached hydrogens (primary N) is 1. The second kappa shape index (κ2) is 4.93. The maximum absolute atomic E-state index is 5.68. The van der Waals surface area contributed by atoms with Gasteiger partial charge in [0.1, 0.15) is 0 Å². The highest BCUT2D eigenvalue weighted by Gasteiger charge is 2.02.